The summed E-state index contributed by atoms with van der Waals surface area (Å²) in [5, 5.41) is 0. The van der Waals surface area contributed by atoms with Crippen molar-refractivity contribution in [1.82, 2.24) is 4.98 Å². The van der Waals surface area contributed by atoms with Gasteiger partial charge in [0, 0.05) is 4.47 Å². The lowest BCUT2D eigenvalue weighted by atomic mass is 10.2. The summed E-state index contributed by atoms with van der Waals surface area (Å²) >= 11 is 6.90. The molecule has 1 aromatic heterocycles. The van der Waals surface area contributed by atoms with Crippen molar-refractivity contribution in [2.24, 2.45) is 0 Å². The van der Waals surface area contributed by atoms with Gasteiger partial charge in [-0.3, -0.25) is 0 Å². The molecule has 0 aliphatic rings. The highest BCUT2D eigenvalue weighted by Gasteiger charge is 2.10. The molecule has 0 radical (unpaired) electrons. The summed E-state index contributed by atoms with van der Waals surface area (Å²) in [7, 11) is 0. The van der Waals surface area contributed by atoms with Gasteiger partial charge < -0.3 is 10.5 Å². The molecule has 0 amide bonds. The van der Waals surface area contributed by atoms with Crippen molar-refractivity contribution in [1.29, 1.82) is 0 Å². The zero-order valence-corrected chi connectivity index (χ0v) is 13.2. The summed E-state index contributed by atoms with van der Waals surface area (Å²) in [6, 6.07) is 5.78. The first-order valence-corrected chi connectivity index (χ1v) is 6.92. The predicted octanol–water partition coefficient (Wildman–Crippen LogP) is 4.60. The molecule has 0 unspecified atom stereocenters. The van der Waals surface area contributed by atoms with Gasteiger partial charge in [-0.15, -0.1) is 0 Å². The van der Waals surface area contributed by atoms with E-state index in [4.69, 9.17) is 10.5 Å². The fraction of sp³-hybridized carbons (Fsp3) is 0.154. The van der Waals surface area contributed by atoms with Gasteiger partial charge in [-0.1, -0.05) is 15.9 Å². The van der Waals surface area contributed by atoms with E-state index in [0.717, 1.165) is 25.8 Å². The zero-order valence-electron chi connectivity index (χ0n) is 10.00. The van der Waals surface area contributed by atoms with Crippen molar-refractivity contribution < 1.29 is 4.74 Å². The molecule has 94 valence electrons. The fourth-order valence-electron chi connectivity index (χ4n) is 1.43. The van der Waals surface area contributed by atoms with E-state index in [-0.39, 0.29) is 0 Å². The molecule has 5 heteroatoms. The highest BCUT2D eigenvalue weighted by atomic mass is 79.9. The molecule has 0 saturated heterocycles. The summed E-state index contributed by atoms with van der Waals surface area (Å²) < 4.78 is 7.58. The largest absolute Gasteiger partial charge is 0.438 e. The minimum atomic E-state index is 0.517. The molecule has 0 atom stereocenters. The van der Waals surface area contributed by atoms with Crippen LogP contribution in [0.15, 0.2) is 33.3 Å². The maximum Gasteiger partial charge on any atom is 0.233 e. The highest BCUT2D eigenvalue weighted by molar-refractivity contribution is 9.10. The van der Waals surface area contributed by atoms with Gasteiger partial charge in [0.05, 0.1) is 16.4 Å². The molecule has 2 aromatic rings. The van der Waals surface area contributed by atoms with Crippen molar-refractivity contribution >= 4 is 37.5 Å². The maximum atomic E-state index is 5.77. The van der Waals surface area contributed by atoms with E-state index in [1.807, 2.05) is 32.0 Å². The van der Waals surface area contributed by atoms with Gasteiger partial charge in [-0.25, -0.2) is 4.98 Å². The van der Waals surface area contributed by atoms with Crippen LogP contribution >= 0.6 is 31.9 Å². The van der Waals surface area contributed by atoms with Crippen LogP contribution in [0.3, 0.4) is 0 Å². The number of nitrogens with two attached hydrogens (primary N) is 1. The van der Waals surface area contributed by atoms with Crippen molar-refractivity contribution in [2.75, 3.05) is 5.73 Å². The fourth-order valence-corrected chi connectivity index (χ4v) is 2.09. The first-order chi connectivity index (χ1) is 8.49. The average molecular weight is 372 g/mol. The zero-order chi connectivity index (χ0) is 13.3. The highest BCUT2D eigenvalue weighted by Crippen LogP contribution is 2.33. The lowest BCUT2D eigenvalue weighted by Gasteiger charge is -2.10. The van der Waals surface area contributed by atoms with Crippen LogP contribution in [0.25, 0.3) is 0 Å². The Balaban J connectivity index is 2.34. The molecule has 2 N–H and O–H groups in total. The van der Waals surface area contributed by atoms with Gasteiger partial charge in [-0.2, -0.15) is 0 Å². The quantitative estimate of drug-likeness (QED) is 0.839. The molecule has 0 bridgehead atoms. The third kappa shape index (κ3) is 2.67. The van der Waals surface area contributed by atoms with Crippen LogP contribution in [-0.4, -0.2) is 4.98 Å². The summed E-state index contributed by atoms with van der Waals surface area (Å²) in [5.74, 6) is 1.26. The van der Waals surface area contributed by atoms with Crippen LogP contribution in [0, 0.1) is 13.8 Å². The van der Waals surface area contributed by atoms with Gasteiger partial charge in [0.1, 0.15) is 5.75 Å². The van der Waals surface area contributed by atoms with Crippen LogP contribution in [0.5, 0.6) is 11.6 Å². The number of halogens is 2. The summed E-state index contributed by atoms with van der Waals surface area (Å²) in [6.45, 7) is 3.93. The molecule has 3 nitrogen and oxygen atoms in total. The van der Waals surface area contributed by atoms with Crippen LogP contribution in [-0.2, 0) is 0 Å². The van der Waals surface area contributed by atoms with Crippen LogP contribution < -0.4 is 10.5 Å². The van der Waals surface area contributed by atoms with Gasteiger partial charge >= 0.3 is 0 Å². The summed E-state index contributed by atoms with van der Waals surface area (Å²) in [4.78, 5) is 4.18. The maximum absolute atomic E-state index is 5.77. The number of hydrogen-bond acceptors (Lipinski definition) is 3. The molecule has 1 aromatic carbocycles. The molecular weight excluding hydrogens is 360 g/mol. The third-order valence-electron chi connectivity index (χ3n) is 2.61. The second kappa shape index (κ2) is 5.28. The third-order valence-corrected chi connectivity index (χ3v) is 4.44. The number of pyridine rings is 1. The molecular formula is C13H12Br2N2O. The van der Waals surface area contributed by atoms with Crippen molar-refractivity contribution in [3.8, 4) is 11.6 Å². The van der Waals surface area contributed by atoms with E-state index < -0.39 is 0 Å². The second-order valence-electron chi connectivity index (χ2n) is 3.97. The average Bonchev–Trinajstić information content (AvgIpc) is 2.34. The van der Waals surface area contributed by atoms with Crippen LogP contribution in [0.1, 0.15) is 11.1 Å². The minimum absolute atomic E-state index is 0.517. The standard InChI is InChI=1S/C13H12Br2N2O/c1-7-5-9(3-4-10(7)14)18-13-12(15)8(2)11(16)6-17-13/h3-6H,16H2,1-2H3. The second-order valence-corrected chi connectivity index (χ2v) is 5.62. The molecule has 0 spiro atoms. The van der Waals surface area contributed by atoms with E-state index >= 15 is 0 Å². The van der Waals surface area contributed by atoms with E-state index in [0.29, 0.717) is 11.6 Å². The Morgan fingerprint density at radius 1 is 1.22 bits per heavy atom. The lowest BCUT2D eigenvalue weighted by Crippen LogP contribution is -1.96. The Morgan fingerprint density at radius 2 is 1.94 bits per heavy atom. The Labute approximate surface area is 123 Å². The lowest BCUT2D eigenvalue weighted by molar-refractivity contribution is 0.459. The van der Waals surface area contributed by atoms with Gasteiger partial charge in [0.15, 0.2) is 0 Å². The number of hydrogen-bond donors (Lipinski definition) is 1. The monoisotopic (exact) mass is 370 g/mol. The molecule has 2 rings (SSSR count). The number of anilines is 1. The first kappa shape index (κ1) is 13.4. The molecule has 0 saturated carbocycles. The normalized spacial score (nSPS) is 10.4. The molecule has 0 fully saturated rings. The minimum Gasteiger partial charge on any atom is -0.438 e. The van der Waals surface area contributed by atoms with Crippen molar-refractivity contribution in [2.45, 2.75) is 13.8 Å². The molecule has 18 heavy (non-hydrogen) atoms. The van der Waals surface area contributed by atoms with Gasteiger partial charge in [-0.05, 0) is 59.1 Å². The predicted molar refractivity (Wildman–Crippen MR) is 80.0 cm³/mol. The van der Waals surface area contributed by atoms with Crippen LogP contribution in [0.4, 0.5) is 5.69 Å². The van der Waals surface area contributed by atoms with Crippen LogP contribution in [0.2, 0.25) is 0 Å². The first-order valence-electron chi connectivity index (χ1n) is 5.33. The number of ether oxygens (including phenoxy) is 1. The number of rotatable bonds is 2. The van der Waals surface area contributed by atoms with Gasteiger partial charge in [0.2, 0.25) is 5.88 Å². The summed E-state index contributed by atoms with van der Waals surface area (Å²) in [6.07, 6.45) is 1.60. The number of benzene rings is 1. The Kier molecular flexibility index (Phi) is 3.92. The molecule has 1 heterocycles. The smallest absolute Gasteiger partial charge is 0.233 e. The summed E-state index contributed by atoms with van der Waals surface area (Å²) in [5.41, 5.74) is 8.44. The molecule has 0 aliphatic carbocycles. The van der Waals surface area contributed by atoms with E-state index in [1.54, 1.807) is 6.20 Å². The number of aromatic nitrogens is 1. The van der Waals surface area contributed by atoms with Gasteiger partial charge in [0.25, 0.3) is 0 Å². The van der Waals surface area contributed by atoms with Crippen molar-refractivity contribution in [3.63, 3.8) is 0 Å². The SMILES string of the molecule is Cc1cc(Oc2ncc(N)c(C)c2Br)ccc1Br. The topological polar surface area (TPSA) is 48.1 Å². The Morgan fingerprint density at radius 3 is 2.61 bits per heavy atom. The van der Waals surface area contributed by atoms with Crippen molar-refractivity contribution in [3.05, 3.63) is 44.5 Å². The Hall–Kier alpha value is -1.07. The number of aryl methyl sites for hydroxylation is 1. The van der Waals surface area contributed by atoms with E-state index in [9.17, 15) is 0 Å². The molecule has 0 aliphatic heterocycles. The van der Waals surface area contributed by atoms with E-state index in [2.05, 4.69) is 36.8 Å². The Bertz CT molecular complexity index is 600. The number of nitrogen functional groups attached to an aromatic ring is 1. The van der Waals surface area contributed by atoms with E-state index in [1.165, 1.54) is 0 Å². The number of nitrogens with zero attached hydrogens (tertiary/aromatic N) is 1.